The van der Waals surface area contributed by atoms with Crippen LogP contribution in [0.3, 0.4) is 0 Å². The Morgan fingerprint density at radius 3 is 2.41 bits per heavy atom. The fraction of sp³-hybridized carbons (Fsp3) is 0.188. The number of aromatic nitrogens is 3. The Kier molecular flexibility index (Phi) is 4.74. The van der Waals surface area contributed by atoms with E-state index in [0.29, 0.717) is 20.7 Å². The number of halogens is 1. The predicted molar refractivity (Wildman–Crippen MR) is 100.0 cm³/mol. The Hall–Kier alpha value is -2.79. The molecule has 0 amide bonds. The number of benzene rings is 1. The van der Waals surface area contributed by atoms with Gasteiger partial charge in [-0.15, -0.1) is 11.3 Å². The second kappa shape index (κ2) is 6.74. The summed E-state index contributed by atoms with van der Waals surface area (Å²) in [5.74, 6) is -0.391. The topological polar surface area (TPSA) is 103 Å². The maximum absolute atomic E-state index is 13.1. The van der Waals surface area contributed by atoms with Crippen LogP contribution in [0.5, 0.6) is 0 Å². The molecular weight excluding hydrogens is 395 g/mol. The Balaban J connectivity index is 2.01. The number of nitrogens with one attached hydrogen (secondary N) is 1. The maximum atomic E-state index is 13.1. The van der Waals surface area contributed by atoms with Gasteiger partial charge in [0.1, 0.15) is 5.82 Å². The van der Waals surface area contributed by atoms with Crippen molar-refractivity contribution in [2.24, 2.45) is 14.1 Å². The number of nitrogens with zero attached hydrogens (tertiary/aromatic N) is 3. The van der Waals surface area contributed by atoms with Crippen LogP contribution in [0.4, 0.5) is 9.52 Å². The number of rotatable bonds is 4. The molecule has 11 heteroatoms. The van der Waals surface area contributed by atoms with Gasteiger partial charge in [-0.05, 0) is 31.2 Å². The number of anilines is 1. The molecular formula is C16H15FN4O4S2. The second-order valence-corrected chi connectivity index (χ2v) is 8.64. The molecule has 0 atom stereocenters. The number of aryl methyl sites for hydroxylation is 2. The van der Waals surface area contributed by atoms with Crippen LogP contribution in [0.2, 0.25) is 0 Å². The minimum atomic E-state index is -4.25. The van der Waals surface area contributed by atoms with Crippen LogP contribution in [-0.2, 0) is 24.1 Å². The van der Waals surface area contributed by atoms with E-state index in [1.54, 1.807) is 19.1 Å². The van der Waals surface area contributed by atoms with E-state index in [0.717, 1.165) is 22.1 Å². The number of thiazole rings is 1. The maximum Gasteiger partial charge on any atom is 0.330 e. The SMILES string of the molecule is Cc1sc(NS(=O)(=O)c2cn(C)c(=O)n(C)c2=O)nc1-c1ccc(F)cc1. The molecule has 142 valence electrons. The van der Waals surface area contributed by atoms with Gasteiger partial charge >= 0.3 is 5.69 Å². The zero-order valence-electron chi connectivity index (χ0n) is 14.6. The molecule has 2 aromatic heterocycles. The van der Waals surface area contributed by atoms with Crippen molar-refractivity contribution in [3.05, 3.63) is 62.0 Å². The zero-order valence-corrected chi connectivity index (χ0v) is 16.2. The minimum Gasteiger partial charge on any atom is -0.302 e. The van der Waals surface area contributed by atoms with Crippen molar-refractivity contribution < 1.29 is 12.8 Å². The molecule has 0 aliphatic carbocycles. The van der Waals surface area contributed by atoms with E-state index in [2.05, 4.69) is 9.71 Å². The van der Waals surface area contributed by atoms with Gasteiger partial charge in [-0.25, -0.2) is 22.6 Å². The third kappa shape index (κ3) is 3.55. The third-order valence-electron chi connectivity index (χ3n) is 3.84. The van der Waals surface area contributed by atoms with Crippen LogP contribution in [0.15, 0.2) is 44.9 Å². The summed E-state index contributed by atoms with van der Waals surface area (Å²) >= 11 is 1.08. The number of sulfonamides is 1. The summed E-state index contributed by atoms with van der Waals surface area (Å²) in [6, 6.07) is 5.65. The van der Waals surface area contributed by atoms with Crippen LogP contribution in [0, 0.1) is 12.7 Å². The summed E-state index contributed by atoms with van der Waals surface area (Å²) in [7, 11) is -1.71. The van der Waals surface area contributed by atoms with E-state index in [9.17, 15) is 22.4 Å². The zero-order chi connectivity index (χ0) is 19.9. The first-order valence-corrected chi connectivity index (χ1v) is 9.93. The van der Waals surface area contributed by atoms with Crippen molar-refractivity contribution in [1.82, 2.24) is 14.1 Å². The first kappa shape index (κ1) is 19.0. The summed E-state index contributed by atoms with van der Waals surface area (Å²) in [6.45, 7) is 1.75. The molecule has 27 heavy (non-hydrogen) atoms. The van der Waals surface area contributed by atoms with E-state index in [1.165, 1.54) is 26.2 Å². The first-order valence-electron chi connectivity index (χ1n) is 7.63. The number of hydrogen-bond donors (Lipinski definition) is 1. The molecule has 0 saturated heterocycles. The first-order chi connectivity index (χ1) is 12.6. The fourth-order valence-electron chi connectivity index (χ4n) is 2.44. The molecule has 0 saturated carbocycles. The van der Waals surface area contributed by atoms with Crippen molar-refractivity contribution in [3.63, 3.8) is 0 Å². The van der Waals surface area contributed by atoms with Crippen molar-refractivity contribution >= 4 is 26.5 Å². The lowest BCUT2D eigenvalue weighted by Gasteiger charge is -2.08. The van der Waals surface area contributed by atoms with E-state index in [-0.39, 0.29) is 5.13 Å². The van der Waals surface area contributed by atoms with Gasteiger partial charge in [0.15, 0.2) is 10.0 Å². The van der Waals surface area contributed by atoms with Crippen LogP contribution >= 0.6 is 11.3 Å². The summed E-state index contributed by atoms with van der Waals surface area (Å²) < 4.78 is 42.3. The lowest BCUT2D eigenvalue weighted by molar-refractivity contribution is 0.589. The molecule has 0 spiro atoms. The Bertz CT molecular complexity index is 1240. The second-order valence-electron chi connectivity index (χ2n) is 5.79. The van der Waals surface area contributed by atoms with Gasteiger partial charge < -0.3 is 4.57 Å². The number of hydrogen-bond acceptors (Lipinski definition) is 6. The summed E-state index contributed by atoms with van der Waals surface area (Å²) in [6.07, 6.45) is 0.967. The molecule has 0 unspecified atom stereocenters. The summed E-state index contributed by atoms with van der Waals surface area (Å²) in [5, 5.41) is 0.0581. The molecule has 0 aliphatic rings. The predicted octanol–water partition coefficient (Wildman–Crippen LogP) is 1.46. The molecule has 1 N–H and O–H groups in total. The highest BCUT2D eigenvalue weighted by Crippen LogP contribution is 2.31. The monoisotopic (exact) mass is 410 g/mol. The Morgan fingerprint density at radius 2 is 1.78 bits per heavy atom. The van der Waals surface area contributed by atoms with Gasteiger partial charge in [0, 0.05) is 30.7 Å². The van der Waals surface area contributed by atoms with Crippen molar-refractivity contribution in [3.8, 4) is 11.3 Å². The van der Waals surface area contributed by atoms with Crippen LogP contribution in [-0.4, -0.2) is 22.5 Å². The quantitative estimate of drug-likeness (QED) is 0.701. The highest BCUT2D eigenvalue weighted by Gasteiger charge is 2.23. The summed E-state index contributed by atoms with van der Waals surface area (Å²) in [4.78, 5) is 28.3. The largest absolute Gasteiger partial charge is 0.330 e. The lowest BCUT2D eigenvalue weighted by atomic mass is 10.1. The molecule has 0 radical (unpaired) electrons. The molecule has 0 aliphatic heterocycles. The smallest absolute Gasteiger partial charge is 0.302 e. The van der Waals surface area contributed by atoms with Crippen LogP contribution < -0.4 is 16.0 Å². The van der Waals surface area contributed by atoms with E-state index in [1.807, 2.05) is 0 Å². The molecule has 3 rings (SSSR count). The van der Waals surface area contributed by atoms with Crippen molar-refractivity contribution in [2.45, 2.75) is 11.8 Å². The fourth-order valence-corrected chi connectivity index (χ4v) is 4.68. The van der Waals surface area contributed by atoms with E-state index >= 15 is 0 Å². The van der Waals surface area contributed by atoms with Gasteiger partial charge in [0.2, 0.25) is 0 Å². The Morgan fingerprint density at radius 1 is 1.15 bits per heavy atom. The van der Waals surface area contributed by atoms with Gasteiger partial charge in [0.05, 0.1) is 5.69 Å². The Labute approximate surface area is 157 Å². The van der Waals surface area contributed by atoms with Crippen molar-refractivity contribution in [2.75, 3.05) is 4.72 Å². The normalized spacial score (nSPS) is 11.6. The molecule has 2 heterocycles. The highest BCUT2D eigenvalue weighted by molar-refractivity contribution is 7.93. The average molecular weight is 410 g/mol. The summed E-state index contributed by atoms with van der Waals surface area (Å²) in [5.41, 5.74) is -0.431. The lowest BCUT2D eigenvalue weighted by Crippen LogP contribution is -2.40. The average Bonchev–Trinajstić information content (AvgIpc) is 2.96. The standard InChI is InChI=1S/C16H15FN4O4S2/c1-9-13(10-4-6-11(17)7-5-10)18-15(26-9)19-27(24,25)12-8-20(2)16(23)21(3)14(12)22/h4-8H,1-3H3,(H,18,19). The molecule has 0 bridgehead atoms. The van der Waals surface area contributed by atoms with Crippen molar-refractivity contribution in [1.29, 1.82) is 0 Å². The molecule has 8 nitrogen and oxygen atoms in total. The van der Waals surface area contributed by atoms with E-state index in [4.69, 9.17) is 0 Å². The van der Waals surface area contributed by atoms with Gasteiger partial charge in [-0.2, -0.15) is 0 Å². The molecule has 1 aromatic carbocycles. The van der Waals surface area contributed by atoms with Gasteiger partial charge in [-0.1, -0.05) is 0 Å². The highest BCUT2D eigenvalue weighted by atomic mass is 32.2. The molecule has 0 fully saturated rings. The van der Waals surface area contributed by atoms with E-state index < -0.39 is 32.0 Å². The van der Waals surface area contributed by atoms with Crippen LogP contribution in [0.1, 0.15) is 4.88 Å². The minimum absolute atomic E-state index is 0.0581. The van der Waals surface area contributed by atoms with Gasteiger partial charge in [0.25, 0.3) is 15.6 Å². The van der Waals surface area contributed by atoms with Crippen LogP contribution in [0.25, 0.3) is 11.3 Å². The molecule has 3 aromatic rings. The third-order valence-corrected chi connectivity index (χ3v) is 6.18. The van der Waals surface area contributed by atoms with Gasteiger partial charge in [-0.3, -0.25) is 14.1 Å².